The number of carbonyl (C=O) groups is 1. The molecule has 3 rings (SSSR count). The van der Waals surface area contributed by atoms with Crippen LogP contribution in [0.5, 0.6) is 0 Å². The number of hydrogen-bond acceptors (Lipinski definition) is 3. The first kappa shape index (κ1) is 17.9. The minimum Gasteiger partial charge on any atom is -0.467 e. The molecule has 1 fully saturated rings. The van der Waals surface area contributed by atoms with Gasteiger partial charge in [0.1, 0.15) is 12.0 Å². The molecule has 1 heterocycles. The summed E-state index contributed by atoms with van der Waals surface area (Å²) in [4.78, 5) is 12.5. The van der Waals surface area contributed by atoms with Gasteiger partial charge in [0, 0.05) is 5.02 Å². The first-order valence-electron chi connectivity index (χ1n) is 7.49. The van der Waals surface area contributed by atoms with Gasteiger partial charge < -0.3 is 15.5 Å². The number of benzene rings is 1. The van der Waals surface area contributed by atoms with Crippen LogP contribution in [0.2, 0.25) is 5.02 Å². The predicted octanol–water partition coefficient (Wildman–Crippen LogP) is 4.01. The molecular formula is C17H20Cl2N2O2. The Morgan fingerprint density at radius 1 is 1.26 bits per heavy atom. The van der Waals surface area contributed by atoms with E-state index in [1.807, 2.05) is 24.3 Å². The first-order valence-corrected chi connectivity index (χ1v) is 7.87. The maximum absolute atomic E-state index is 12.5. The highest BCUT2D eigenvalue weighted by atomic mass is 35.5. The molecule has 1 aliphatic carbocycles. The molecule has 0 aliphatic heterocycles. The molecule has 0 radical (unpaired) electrons. The number of carbonyl (C=O) groups excluding carboxylic acids is 1. The van der Waals surface area contributed by atoms with Gasteiger partial charge in [-0.15, -0.1) is 12.4 Å². The van der Waals surface area contributed by atoms with Gasteiger partial charge in [0.2, 0.25) is 0 Å². The summed E-state index contributed by atoms with van der Waals surface area (Å²) in [6.45, 7) is 0.287. The monoisotopic (exact) mass is 354 g/mol. The Hall–Kier alpha value is -1.49. The van der Waals surface area contributed by atoms with Crippen LogP contribution in [-0.2, 0) is 12.1 Å². The van der Waals surface area contributed by atoms with Crippen molar-refractivity contribution < 1.29 is 9.21 Å². The standard InChI is InChI=1S/C17H19ClN2O2.ClH/c18-14-5-3-13(4-6-14)17(7-1-2-8-17)20-16(21)12-9-15(10-19)22-11-12;/h3-6,9,11H,1-2,7-8,10,19H2,(H,20,21);1H. The van der Waals surface area contributed by atoms with E-state index >= 15 is 0 Å². The molecule has 1 aromatic carbocycles. The highest BCUT2D eigenvalue weighted by molar-refractivity contribution is 6.30. The summed E-state index contributed by atoms with van der Waals surface area (Å²) < 4.78 is 5.25. The third kappa shape index (κ3) is 3.71. The molecule has 1 aromatic heterocycles. The summed E-state index contributed by atoms with van der Waals surface area (Å²) in [6.07, 6.45) is 5.52. The fourth-order valence-electron chi connectivity index (χ4n) is 3.13. The van der Waals surface area contributed by atoms with Crippen molar-refractivity contribution in [2.45, 2.75) is 37.8 Å². The van der Waals surface area contributed by atoms with Crippen LogP contribution in [0.1, 0.15) is 47.4 Å². The quantitative estimate of drug-likeness (QED) is 0.871. The molecule has 0 bridgehead atoms. The molecule has 0 unspecified atom stereocenters. The summed E-state index contributed by atoms with van der Waals surface area (Å²) in [5, 5.41) is 3.90. The molecule has 1 amide bonds. The number of rotatable bonds is 4. The summed E-state index contributed by atoms with van der Waals surface area (Å²) in [5.74, 6) is 0.484. The van der Waals surface area contributed by atoms with Crippen molar-refractivity contribution >= 4 is 29.9 Å². The molecule has 6 heteroatoms. The molecule has 3 N–H and O–H groups in total. The molecule has 1 aliphatic rings. The normalized spacial score (nSPS) is 15.9. The average molecular weight is 355 g/mol. The molecule has 23 heavy (non-hydrogen) atoms. The second kappa shape index (κ2) is 7.39. The van der Waals surface area contributed by atoms with E-state index in [-0.39, 0.29) is 30.4 Å². The van der Waals surface area contributed by atoms with Gasteiger partial charge in [0.25, 0.3) is 5.91 Å². The van der Waals surface area contributed by atoms with Gasteiger partial charge in [-0.25, -0.2) is 0 Å². The lowest BCUT2D eigenvalue weighted by Gasteiger charge is -2.31. The molecular weight excluding hydrogens is 335 g/mol. The van der Waals surface area contributed by atoms with Gasteiger partial charge in [-0.05, 0) is 36.6 Å². The van der Waals surface area contributed by atoms with E-state index in [0.717, 1.165) is 31.2 Å². The Labute approximate surface area is 146 Å². The van der Waals surface area contributed by atoms with Crippen LogP contribution in [0.4, 0.5) is 0 Å². The van der Waals surface area contributed by atoms with Crippen LogP contribution in [0.3, 0.4) is 0 Å². The lowest BCUT2D eigenvalue weighted by Crippen LogP contribution is -2.43. The summed E-state index contributed by atoms with van der Waals surface area (Å²) in [6, 6.07) is 9.42. The molecule has 124 valence electrons. The first-order chi connectivity index (χ1) is 10.6. The van der Waals surface area contributed by atoms with Gasteiger partial charge in [-0.1, -0.05) is 36.6 Å². The summed E-state index contributed by atoms with van der Waals surface area (Å²) in [7, 11) is 0. The van der Waals surface area contributed by atoms with Crippen molar-refractivity contribution in [1.29, 1.82) is 0 Å². The minimum absolute atomic E-state index is 0. The van der Waals surface area contributed by atoms with Crippen LogP contribution in [0, 0.1) is 0 Å². The number of amides is 1. The summed E-state index contributed by atoms with van der Waals surface area (Å²) in [5.41, 5.74) is 6.82. The maximum Gasteiger partial charge on any atom is 0.255 e. The third-order valence-corrected chi connectivity index (χ3v) is 4.58. The lowest BCUT2D eigenvalue weighted by molar-refractivity contribution is 0.0897. The van der Waals surface area contributed by atoms with Crippen LogP contribution in [0.15, 0.2) is 41.0 Å². The Morgan fingerprint density at radius 2 is 1.91 bits per heavy atom. The van der Waals surface area contributed by atoms with Crippen molar-refractivity contribution in [3.8, 4) is 0 Å². The third-order valence-electron chi connectivity index (χ3n) is 4.32. The Bertz CT molecular complexity index is 661. The lowest BCUT2D eigenvalue weighted by atomic mass is 9.88. The van der Waals surface area contributed by atoms with E-state index < -0.39 is 0 Å². The SMILES string of the molecule is Cl.NCc1cc(C(=O)NC2(c3ccc(Cl)cc3)CCCC2)co1. The van der Waals surface area contributed by atoms with Crippen molar-refractivity contribution in [3.05, 3.63) is 58.5 Å². The van der Waals surface area contributed by atoms with E-state index in [4.69, 9.17) is 21.8 Å². The van der Waals surface area contributed by atoms with Crippen molar-refractivity contribution in [3.63, 3.8) is 0 Å². The van der Waals surface area contributed by atoms with Gasteiger partial charge in [-0.3, -0.25) is 4.79 Å². The van der Waals surface area contributed by atoms with Gasteiger partial charge >= 0.3 is 0 Å². The van der Waals surface area contributed by atoms with E-state index in [0.29, 0.717) is 16.3 Å². The molecule has 0 spiro atoms. The van der Waals surface area contributed by atoms with Crippen LogP contribution in [-0.4, -0.2) is 5.91 Å². The molecule has 1 saturated carbocycles. The zero-order valence-electron chi connectivity index (χ0n) is 12.7. The van der Waals surface area contributed by atoms with Gasteiger partial charge in [-0.2, -0.15) is 0 Å². The molecule has 0 atom stereocenters. The number of furan rings is 1. The Kier molecular flexibility index (Phi) is 5.74. The van der Waals surface area contributed by atoms with Gasteiger partial charge in [0.15, 0.2) is 0 Å². The Morgan fingerprint density at radius 3 is 2.48 bits per heavy atom. The maximum atomic E-state index is 12.5. The predicted molar refractivity (Wildman–Crippen MR) is 92.9 cm³/mol. The number of nitrogens with two attached hydrogens (primary N) is 1. The fourth-order valence-corrected chi connectivity index (χ4v) is 3.26. The molecule has 0 saturated heterocycles. The molecule has 2 aromatic rings. The van der Waals surface area contributed by atoms with E-state index in [1.165, 1.54) is 6.26 Å². The zero-order valence-corrected chi connectivity index (χ0v) is 14.3. The highest BCUT2D eigenvalue weighted by Crippen LogP contribution is 2.39. The minimum atomic E-state index is -0.318. The number of hydrogen-bond donors (Lipinski definition) is 2. The zero-order chi connectivity index (χ0) is 15.6. The van der Waals surface area contributed by atoms with E-state index in [1.54, 1.807) is 6.07 Å². The van der Waals surface area contributed by atoms with Gasteiger partial charge in [0.05, 0.1) is 17.6 Å². The van der Waals surface area contributed by atoms with Crippen molar-refractivity contribution in [1.82, 2.24) is 5.32 Å². The van der Waals surface area contributed by atoms with Crippen LogP contribution in [0.25, 0.3) is 0 Å². The molecule has 4 nitrogen and oxygen atoms in total. The Balaban J connectivity index is 0.00000192. The average Bonchev–Trinajstić information content (AvgIpc) is 3.17. The summed E-state index contributed by atoms with van der Waals surface area (Å²) >= 11 is 5.97. The highest BCUT2D eigenvalue weighted by Gasteiger charge is 2.37. The smallest absolute Gasteiger partial charge is 0.255 e. The largest absolute Gasteiger partial charge is 0.467 e. The van der Waals surface area contributed by atoms with Crippen molar-refractivity contribution in [2.24, 2.45) is 5.73 Å². The number of halogens is 2. The second-order valence-corrected chi connectivity index (χ2v) is 6.19. The van der Waals surface area contributed by atoms with Crippen LogP contribution < -0.4 is 11.1 Å². The van der Waals surface area contributed by atoms with E-state index in [9.17, 15) is 4.79 Å². The van der Waals surface area contributed by atoms with Crippen LogP contribution >= 0.6 is 24.0 Å². The number of nitrogens with one attached hydrogen (secondary N) is 1. The fraction of sp³-hybridized carbons (Fsp3) is 0.353. The topological polar surface area (TPSA) is 68.3 Å². The van der Waals surface area contributed by atoms with Crippen molar-refractivity contribution in [2.75, 3.05) is 0 Å². The second-order valence-electron chi connectivity index (χ2n) is 5.76. The van der Waals surface area contributed by atoms with E-state index in [2.05, 4.69) is 5.32 Å².